The summed E-state index contributed by atoms with van der Waals surface area (Å²) >= 11 is 0. The fraction of sp³-hybridized carbons (Fsp3) is 0.600. The molecule has 1 aromatic heterocycles. The molecular formula is C10H16N4O. The van der Waals surface area contributed by atoms with Gasteiger partial charge in [0.05, 0.1) is 23.7 Å². The monoisotopic (exact) mass is 208 g/mol. The first kappa shape index (κ1) is 10.2. The molecule has 0 saturated heterocycles. The van der Waals surface area contributed by atoms with E-state index in [2.05, 4.69) is 15.3 Å². The van der Waals surface area contributed by atoms with Crippen LogP contribution in [0.1, 0.15) is 19.3 Å². The number of nitrogen functional groups attached to an aromatic ring is 1. The van der Waals surface area contributed by atoms with Crippen molar-refractivity contribution in [3.63, 3.8) is 0 Å². The number of ether oxygens (including phenoxy) is 1. The van der Waals surface area contributed by atoms with Crippen LogP contribution in [0.5, 0.6) is 0 Å². The third-order valence-electron chi connectivity index (χ3n) is 2.94. The minimum absolute atomic E-state index is 0.00918. The van der Waals surface area contributed by atoms with Gasteiger partial charge in [0.15, 0.2) is 0 Å². The molecule has 0 unspecified atom stereocenters. The Morgan fingerprint density at radius 1 is 1.47 bits per heavy atom. The normalized spacial score (nSPS) is 18.2. The molecule has 0 amide bonds. The van der Waals surface area contributed by atoms with Gasteiger partial charge in [0.25, 0.3) is 0 Å². The van der Waals surface area contributed by atoms with Crippen LogP contribution in [0.15, 0.2) is 12.4 Å². The van der Waals surface area contributed by atoms with Gasteiger partial charge in [-0.05, 0) is 19.3 Å². The summed E-state index contributed by atoms with van der Waals surface area (Å²) in [6.45, 7) is 0.757. The number of methoxy groups -OCH3 is 1. The number of nitrogens with one attached hydrogen (secondary N) is 1. The number of hydrogen-bond acceptors (Lipinski definition) is 5. The first-order valence-corrected chi connectivity index (χ1v) is 5.11. The van der Waals surface area contributed by atoms with Gasteiger partial charge >= 0.3 is 0 Å². The molecule has 0 spiro atoms. The maximum Gasteiger partial charge on any atom is 0.222 e. The van der Waals surface area contributed by atoms with Crippen LogP contribution in [0.4, 0.5) is 11.6 Å². The van der Waals surface area contributed by atoms with Crippen LogP contribution in [0.2, 0.25) is 0 Å². The van der Waals surface area contributed by atoms with Crippen molar-refractivity contribution in [1.29, 1.82) is 0 Å². The molecule has 1 aromatic rings. The fourth-order valence-corrected chi connectivity index (χ4v) is 1.69. The van der Waals surface area contributed by atoms with Gasteiger partial charge in [-0.2, -0.15) is 0 Å². The molecule has 82 valence electrons. The summed E-state index contributed by atoms with van der Waals surface area (Å²) in [5.41, 5.74) is 6.06. The number of rotatable bonds is 4. The Kier molecular flexibility index (Phi) is 2.73. The van der Waals surface area contributed by atoms with Gasteiger partial charge < -0.3 is 15.8 Å². The van der Waals surface area contributed by atoms with Gasteiger partial charge in [-0.3, -0.25) is 0 Å². The lowest BCUT2D eigenvalue weighted by atomic mass is 9.80. The van der Waals surface area contributed by atoms with Gasteiger partial charge in [0, 0.05) is 13.7 Å². The smallest absolute Gasteiger partial charge is 0.222 e. The molecule has 0 atom stereocenters. The number of hydrogen-bond donors (Lipinski definition) is 2. The van der Waals surface area contributed by atoms with Crippen molar-refractivity contribution in [2.75, 3.05) is 24.7 Å². The molecule has 15 heavy (non-hydrogen) atoms. The van der Waals surface area contributed by atoms with E-state index in [0.717, 1.165) is 19.4 Å². The Bertz CT molecular complexity index is 315. The standard InChI is InChI=1S/C10H16N4O/c1-15-10(3-2-4-10)7-14-9-12-5-8(11)6-13-9/h5-6H,2-4,7,11H2,1H3,(H,12,13,14). The molecule has 1 aliphatic carbocycles. The molecule has 3 N–H and O–H groups in total. The number of nitrogens with two attached hydrogens (primary N) is 1. The second kappa shape index (κ2) is 4.02. The molecular weight excluding hydrogens is 192 g/mol. The van der Waals surface area contributed by atoms with Crippen LogP contribution in [0.3, 0.4) is 0 Å². The van der Waals surface area contributed by atoms with Gasteiger partial charge in [-0.15, -0.1) is 0 Å². The van der Waals surface area contributed by atoms with E-state index in [1.807, 2.05) is 0 Å². The Balaban J connectivity index is 1.90. The SMILES string of the molecule is COC1(CNc2ncc(N)cn2)CCC1. The second-order valence-corrected chi connectivity index (χ2v) is 3.93. The topological polar surface area (TPSA) is 73.1 Å². The Hall–Kier alpha value is -1.36. The van der Waals surface area contributed by atoms with Crippen molar-refractivity contribution >= 4 is 11.6 Å². The summed E-state index contributed by atoms with van der Waals surface area (Å²) in [6, 6.07) is 0. The first-order chi connectivity index (χ1) is 7.24. The molecule has 0 aromatic carbocycles. The highest BCUT2D eigenvalue weighted by Gasteiger charge is 2.36. The minimum Gasteiger partial charge on any atom is -0.396 e. The molecule has 1 aliphatic rings. The molecule has 5 nitrogen and oxygen atoms in total. The quantitative estimate of drug-likeness (QED) is 0.773. The van der Waals surface area contributed by atoms with Gasteiger partial charge in [0.2, 0.25) is 5.95 Å². The highest BCUT2D eigenvalue weighted by atomic mass is 16.5. The average Bonchev–Trinajstić information content (AvgIpc) is 2.20. The summed E-state index contributed by atoms with van der Waals surface area (Å²) < 4.78 is 5.48. The van der Waals surface area contributed by atoms with Crippen LogP contribution in [-0.4, -0.2) is 29.2 Å². The number of anilines is 2. The lowest BCUT2D eigenvalue weighted by molar-refractivity contribution is -0.0602. The lowest BCUT2D eigenvalue weighted by Crippen LogP contribution is -2.45. The van der Waals surface area contributed by atoms with Crippen LogP contribution >= 0.6 is 0 Å². The Morgan fingerprint density at radius 3 is 2.60 bits per heavy atom. The van der Waals surface area contributed by atoms with Crippen molar-refractivity contribution in [2.45, 2.75) is 24.9 Å². The third-order valence-corrected chi connectivity index (χ3v) is 2.94. The lowest BCUT2D eigenvalue weighted by Gasteiger charge is -2.40. The van der Waals surface area contributed by atoms with E-state index in [1.54, 1.807) is 19.5 Å². The summed E-state index contributed by atoms with van der Waals surface area (Å²) in [4.78, 5) is 8.14. The summed E-state index contributed by atoms with van der Waals surface area (Å²) in [7, 11) is 1.75. The third kappa shape index (κ3) is 2.18. The van der Waals surface area contributed by atoms with Crippen LogP contribution in [0.25, 0.3) is 0 Å². The molecule has 0 radical (unpaired) electrons. The van der Waals surface area contributed by atoms with Crippen molar-refractivity contribution < 1.29 is 4.74 Å². The van der Waals surface area contributed by atoms with Crippen LogP contribution < -0.4 is 11.1 Å². The first-order valence-electron chi connectivity index (χ1n) is 5.11. The molecule has 2 rings (SSSR count). The van der Waals surface area contributed by atoms with E-state index in [1.165, 1.54) is 6.42 Å². The molecule has 5 heteroatoms. The van der Waals surface area contributed by atoms with E-state index in [0.29, 0.717) is 11.6 Å². The van der Waals surface area contributed by atoms with Crippen LogP contribution in [0, 0.1) is 0 Å². The maximum absolute atomic E-state index is 5.49. The second-order valence-electron chi connectivity index (χ2n) is 3.93. The van der Waals surface area contributed by atoms with E-state index >= 15 is 0 Å². The van der Waals surface area contributed by atoms with Crippen molar-refractivity contribution in [1.82, 2.24) is 9.97 Å². The molecule has 1 saturated carbocycles. The van der Waals surface area contributed by atoms with Gasteiger partial charge in [-0.25, -0.2) is 9.97 Å². The maximum atomic E-state index is 5.49. The number of nitrogens with zero attached hydrogens (tertiary/aromatic N) is 2. The Labute approximate surface area is 89.1 Å². The predicted octanol–water partition coefficient (Wildman–Crippen LogP) is 1.04. The summed E-state index contributed by atoms with van der Waals surface area (Å²) in [5.74, 6) is 0.604. The molecule has 0 aliphatic heterocycles. The van der Waals surface area contributed by atoms with E-state index in [4.69, 9.17) is 10.5 Å². The zero-order valence-electron chi connectivity index (χ0n) is 8.86. The predicted molar refractivity (Wildman–Crippen MR) is 58.5 cm³/mol. The van der Waals surface area contributed by atoms with Crippen molar-refractivity contribution in [3.05, 3.63) is 12.4 Å². The van der Waals surface area contributed by atoms with E-state index < -0.39 is 0 Å². The fourth-order valence-electron chi connectivity index (χ4n) is 1.69. The summed E-state index contributed by atoms with van der Waals surface area (Å²) in [5, 5.41) is 3.16. The average molecular weight is 208 g/mol. The van der Waals surface area contributed by atoms with Gasteiger partial charge in [0.1, 0.15) is 0 Å². The highest BCUT2D eigenvalue weighted by Crippen LogP contribution is 2.34. The molecule has 1 fully saturated rings. The zero-order chi connectivity index (χ0) is 10.7. The molecule has 0 bridgehead atoms. The summed E-state index contributed by atoms with van der Waals surface area (Å²) in [6.07, 6.45) is 6.63. The highest BCUT2D eigenvalue weighted by molar-refractivity contribution is 5.36. The van der Waals surface area contributed by atoms with E-state index in [-0.39, 0.29) is 5.60 Å². The van der Waals surface area contributed by atoms with Gasteiger partial charge in [-0.1, -0.05) is 0 Å². The van der Waals surface area contributed by atoms with Crippen molar-refractivity contribution in [3.8, 4) is 0 Å². The number of aromatic nitrogens is 2. The Morgan fingerprint density at radius 2 is 2.13 bits per heavy atom. The van der Waals surface area contributed by atoms with Crippen molar-refractivity contribution in [2.24, 2.45) is 0 Å². The molecule has 1 heterocycles. The largest absolute Gasteiger partial charge is 0.396 e. The minimum atomic E-state index is -0.00918. The van der Waals surface area contributed by atoms with E-state index in [9.17, 15) is 0 Å². The van der Waals surface area contributed by atoms with Crippen LogP contribution in [-0.2, 0) is 4.74 Å². The zero-order valence-corrected chi connectivity index (χ0v) is 8.86.